The van der Waals surface area contributed by atoms with E-state index in [1.165, 1.54) is 0 Å². The zero-order chi connectivity index (χ0) is 18.4. The molecule has 5 heteroatoms. The van der Waals surface area contributed by atoms with E-state index in [1.807, 2.05) is 42.5 Å². The Morgan fingerprint density at radius 1 is 0.769 bits per heavy atom. The van der Waals surface area contributed by atoms with Gasteiger partial charge in [0.25, 0.3) is 0 Å². The van der Waals surface area contributed by atoms with Crippen molar-refractivity contribution in [3.05, 3.63) is 93.5 Å². The van der Waals surface area contributed by atoms with E-state index in [1.54, 1.807) is 24.3 Å². The number of carbonyl (C=O) groups excluding carboxylic acids is 1. The molecule has 0 spiro atoms. The van der Waals surface area contributed by atoms with Crippen LogP contribution in [-0.4, -0.2) is 6.29 Å². The molecule has 0 radical (unpaired) electrons. The summed E-state index contributed by atoms with van der Waals surface area (Å²) < 4.78 is 11.5. The van der Waals surface area contributed by atoms with Crippen molar-refractivity contribution in [2.75, 3.05) is 0 Å². The number of halogens is 2. The van der Waals surface area contributed by atoms with Gasteiger partial charge in [-0.05, 0) is 53.6 Å². The van der Waals surface area contributed by atoms with Gasteiger partial charge < -0.3 is 9.47 Å². The van der Waals surface area contributed by atoms with Crippen LogP contribution in [0.4, 0.5) is 0 Å². The van der Waals surface area contributed by atoms with Gasteiger partial charge in [-0.2, -0.15) is 0 Å². The van der Waals surface area contributed by atoms with Crippen molar-refractivity contribution in [1.82, 2.24) is 0 Å². The molecule has 0 aliphatic carbocycles. The summed E-state index contributed by atoms with van der Waals surface area (Å²) in [6.07, 6.45) is 0.750. The largest absolute Gasteiger partial charge is 0.489 e. The number of carbonyl (C=O) groups is 1. The standard InChI is InChI=1S/C21H16Cl2O3/c22-18-5-1-3-15(9-18)13-25-20-7-8-21(17(11-20)12-24)26-14-16-4-2-6-19(23)10-16/h1-12H,13-14H2. The van der Waals surface area contributed by atoms with Crippen LogP contribution in [-0.2, 0) is 13.2 Å². The molecule has 0 atom stereocenters. The van der Waals surface area contributed by atoms with E-state index in [2.05, 4.69) is 0 Å². The normalized spacial score (nSPS) is 10.4. The molecule has 0 unspecified atom stereocenters. The fourth-order valence-corrected chi connectivity index (χ4v) is 2.85. The second-order valence-electron chi connectivity index (χ2n) is 5.65. The third-order valence-corrected chi connectivity index (χ3v) is 4.16. The molecule has 0 aliphatic heterocycles. The highest BCUT2D eigenvalue weighted by atomic mass is 35.5. The highest BCUT2D eigenvalue weighted by Gasteiger charge is 2.07. The number of hydrogen-bond donors (Lipinski definition) is 0. The Bertz CT molecular complexity index is 909. The van der Waals surface area contributed by atoms with Crippen LogP contribution in [0.25, 0.3) is 0 Å². The second kappa shape index (κ2) is 8.75. The van der Waals surface area contributed by atoms with Gasteiger partial charge in [-0.1, -0.05) is 47.5 Å². The zero-order valence-electron chi connectivity index (χ0n) is 13.8. The van der Waals surface area contributed by atoms with E-state index >= 15 is 0 Å². The molecule has 26 heavy (non-hydrogen) atoms. The fourth-order valence-electron chi connectivity index (χ4n) is 2.42. The lowest BCUT2D eigenvalue weighted by molar-refractivity contribution is 0.111. The van der Waals surface area contributed by atoms with Crippen LogP contribution in [0.5, 0.6) is 11.5 Å². The summed E-state index contributed by atoms with van der Waals surface area (Å²) in [5.41, 5.74) is 2.30. The van der Waals surface area contributed by atoms with Gasteiger partial charge in [-0.15, -0.1) is 0 Å². The first kappa shape index (κ1) is 18.3. The maximum atomic E-state index is 11.4. The van der Waals surface area contributed by atoms with Crippen LogP contribution in [0.15, 0.2) is 66.7 Å². The summed E-state index contributed by atoms with van der Waals surface area (Å²) >= 11 is 11.9. The molecule has 0 aromatic heterocycles. The highest BCUT2D eigenvalue weighted by molar-refractivity contribution is 6.30. The molecule has 3 rings (SSSR count). The molecular weight excluding hydrogens is 371 g/mol. The summed E-state index contributed by atoms with van der Waals surface area (Å²) in [6, 6.07) is 20.0. The first-order chi connectivity index (χ1) is 12.6. The van der Waals surface area contributed by atoms with Crippen LogP contribution >= 0.6 is 23.2 Å². The van der Waals surface area contributed by atoms with E-state index in [0.717, 1.165) is 17.4 Å². The van der Waals surface area contributed by atoms with Crippen molar-refractivity contribution < 1.29 is 14.3 Å². The maximum absolute atomic E-state index is 11.4. The van der Waals surface area contributed by atoms with E-state index < -0.39 is 0 Å². The number of rotatable bonds is 7. The van der Waals surface area contributed by atoms with Gasteiger partial charge in [-0.25, -0.2) is 0 Å². The minimum atomic E-state index is 0.324. The Morgan fingerprint density at radius 3 is 1.96 bits per heavy atom. The SMILES string of the molecule is O=Cc1cc(OCc2cccc(Cl)c2)ccc1OCc1cccc(Cl)c1. The average Bonchev–Trinajstić information content (AvgIpc) is 2.65. The monoisotopic (exact) mass is 386 g/mol. The molecule has 3 aromatic carbocycles. The molecule has 132 valence electrons. The van der Waals surface area contributed by atoms with Gasteiger partial charge in [0.15, 0.2) is 6.29 Å². The van der Waals surface area contributed by atoms with Gasteiger partial charge >= 0.3 is 0 Å². The van der Waals surface area contributed by atoms with E-state index in [-0.39, 0.29) is 0 Å². The summed E-state index contributed by atoms with van der Waals surface area (Å²) in [5, 5.41) is 1.30. The smallest absolute Gasteiger partial charge is 0.153 e. The first-order valence-electron chi connectivity index (χ1n) is 7.98. The van der Waals surface area contributed by atoms with Gasteiger partial charge in [0.05, 0.1) is 5.56 Å². The van der Waals surface area contributed by atoms with Crippen LogP contribution in [0.2, 0.25) is 10.0 Å². The predicted molar refractivity (Wildman–Crippen MR) is 103 cm³/mol. The quantitative estimate of drug-likeness (QED) is 0.469. The third-order valence-electron chi connectivity index (χ3n) is 3.69. The molecule has 0 saturated heterocycles. The van der Waals surface area contributed by atoms with Crippen molar-refractivity contribution >= 4 is 29.5 Å². The van der Waals surface area contributed by atoms with Crippen LogP contribution in [0.1, 0.15) is 21.5 Å². The zero-order valence-corrected chi connectivity index (χ0v) is 15.3. The molecule has 3 nitrogen and oxygen atoms in total. The van der Waals surface area contributed by atoms with Gasteiger partial charge in [-0.3, -0.25) is 4.79 Å². The van der Waals surface area contributed by atoms with Crippen molar-refractivity contribution in [3.8, 4) is 11.5 Å². The van der Waals surface area contributed by atoms with Crippen LogP contribution in [0, 0.1) is 0 Å². The van der Waals surface area contributed by atoms with Crippen LogP contribution < -0.4 is 9.47 Å². The van der Waals surface area contributed by atoms with Crippen molar-refractivity contribution in [2.45, 2.75) is 13.2 Å². The lowest BCUT2D eigenvalue weighted by atomic mass is 10.2. The molecular formula is C21H16Cl2O3. The number of benzene rings is 3. The number of aldehydes is 1. The molecule has 0 bridgehead atoms. The molecule has 0 heterocycles. The van der Waals surface area contributed by atoms with Gasteiger partial charge in [0, 0.05) is 10.0 Å². The molecule has 0 amide bonds. The van der Waals surface area contributed by atoms with Crippen molar-refractivity contribution in [3.63, 3.8) is 0 Å². The Hall–Kier alpha value is -2.49. The van der Waals surface area contributed by atoms with E-state index in [9.17, 15) is 4.79 Å². The minimum Gasteiger partial charge on any atom is -0.489 e. The van der Waals surface area contributed by atoms with Gasteiger partial charge in [0.1, 0.15) is 24.7 Å². The second-order valence-corrected chi connectivity index (χ2v) is 6.53. The van der Waals surface area contributed by atoms with Crippen molar-refractivity contribution in [1.29, 1.82) is 0 Å². The van der Waals surface area contributed by atoms with E-state index in [0.29, 0.717) is 40.3 Å². The molecule has 0 N–H and O–H groups in total. The summed E-state index contributed by atoms with van der Waals surface area (Å²) in [6.45, 7) is 0.686. The summed E-state index contributed by atoms with van der Waals surface area (Å²) in [5.74, 6) is 1.08. The summed E-state index contributed by atoms with van der Waals surface area (Å²) in [7, 11) is 0. The Morgan fingerprint density at radius 2 is 1.38 bits per heavy atom. The fraction of sp³-hybridized carbons (Fsp3) is 0.0952. The Kier molecular flexibility index (Phi) is 6.16. The Labute approximate surface area is 162 Å². The third kappa shape index (κ3) is 5.01. The van der Waals surface area contributed by atoms with Gasteiger partial charge in [0.2, 0.25) is 0 Å². The molecule has 0 saturated carbocycles. The first-order valence-corrected chi connectivity index (χ1v) is 8.73. The number of ether oxygens (including phenoxy) is 2. The van der Waals surface area contributed by atoms with Crippen LogP contribution in [0.3, 0.4) is 0 Å². The average molecular weight is 387 g/mol. The lowest BCUT2D eigenvalue weighted by Crippen LogP contribution is -2.00. The van der Waals surface area contributed by atoms with E-state index in [4.69, 9.17) is 32.7 Å². The molecule has 0 fully saturated rings. The molecule has 0 aliphatic rings. The molecule has 3 aromatic rings. The lowest BCUT2D eigenvalue weighted by Gasteiger charge is -2.11. The predicted octanol–water partition coefficient (Wildman–Crippen LogP) is 5.96. The maximum Gasteiger partial charge on any atom is 0.153 e. The van der Waals surface area contributed by atoms with Crippen molar-refractivity contribution in [2.24, 2.45) is 0 Å². The summed E-state index contributed by atoms with van der Waals surface area (Å²) in [4.78, 5) is 11.4. The highest BCUT2D eigenvalue weighted by Crippen LogP contribution is 2.25. The number of hydrogen-bond acceptors (Lipinski definition) is 3. The topological polar surface area (TPSA) is 35.5 Å². The Balaban J connectivity index is 1.66. The minimum absolute atomic E-state index is 0.324.